The molecule has 2 rings (SSSR count). The lowest BCUT2D eigenvalue weighted by molar-refractivity contribution is 0.00578. The van der Waals surface area contributed by atoms with Crippen LogP contribution in [-0.4, -0.2) is 24.9 Å². The van der Waals surface area contributed by atoms with Crippen molar-refractivity contribution < 1.29 is 18.4 Å². The maximum absolute atomic E-state index is 13.6. The number of hydrogen-bond donors (Lipinski definition) is 0. The summed E-state index contributed by atoms with van der Waals surface area (Å²) in [4.78, 5) is 0. The summed E-state index contributed by atoms with van der Waals surface area (Å²) >= 11 is 0. The van der Waals surface area contributed by atoms with Gasteiger partial charge in [-0.1, -0.05) is 6.08 Å². The Morgan fingerprint density at radius 3 is 2.43 bits per heavy atom. The second kappa shape index (κ2) is 5.81. The van der Waals surface area contributed by atoms with Crippen LogP contribution in [0.4, 0.5) is 4.39 Å². The van der Waals surface area contributed by atoms with E-state index in [0.29, 0.717) is 17.8 Å². The minimum atomic E-state index is -0.635. The monoisotopic (exact) mass is 292 g/mol. The molecule has 1 aromatic carbocycles. The van der Waals surface area contributed by atoms with Crippen LogP contribution in [-0.2, 0) is 9.31 Å². The zero-order chi connectivity index (χ0) is 15.7. The third-order valence-corrected chi connectivity index (χ3v) is 4.06. The lowest BCUT2D eigenvalue weighted by atomic mass is 9.78. The second-order valence-electron chi connectivity index (χ2n) is 6.20. The molecule has 1 aliphatic heterocycles. The molecular formula is C16H22BFO3. The van der Waals surface area contributed by atoms with E-state index in [-0.39, 0.29) is 5.82 Å². The normalized spacial score (nSPS) is 19.6. The van der Waals surface area contributed by atoms with Crippen LogP contribution in [0.15, 0.2) is 30.9 Å². The Hall–Kier alpha value is -1.33. The molecule has 0 aromatic heterocycles. The van der Waals surface area contributed by atoms with Gasteiger partial charge in [-0.2, -0.15) is 0 Å². The molecule has 0 saturated carbocycles. The minimum absolute atomic E-state index is 0.337. The van der Waals surface area contributed by atoms with Gasteiger partial charge in [-0.15, -0.1) is 6.58 Å². The van der Waals surface area contributed by atoms with Gasteiger partial charge in [-0.3, -0.25) is 0 Å². The first-order valence-electron chi connectivity index (χ1n) is 7.15. The molecule has 1 saturated heterocycles. The maximum Gasteiger partial charge on any atom is 0.498 e. The van der Waals surface area contributed by atoms with Gasteiger partial charge in [-0.05, 0) is 52.3 Å². The number of hydrogen-bond acceptors (Lipinski definition) is 3. The first-order valence-corrected chi connectivity index (χ1v) is 7.15. The topological polar surface area (TPSA) is 27.7 Å². The number of halogens is 1. The summed E-state index contributed by atoms with van der Waals surface area (Å²) < 4.78 is 31.2. The molecule has 0 unspecified atom stereocenters. The molecule has 0 aliphatic carbocycles. The van der Waals surface area contributed by atoms with Gasteiger partial charge >= 0.3 is 7.12 Å². The number of rotatable bonds is 5. The highest BCUT2D eigenvalue weighted by Crippen LogP contribution is 2.37. The van der Waals surface area contributed by atoms with Gasteiger partial charge in [0, 0.05) is 5.46 Å². The van der Waals surface area contributed by atoms with Gasteiger partial charge in [0.1, 0.15) is 11.6 Å². The molecule has 0 radical (unpaired) electrons. The van der Waals surface area contributed by atoms with Crippen LogP contribution in [0.1, 0.15) is 34.1 Å². The molecule has 1 aliphatic rings. The Labute approximate surface area is 126 Å². The van der Waals surface area contributed by atoms with Gasteiger partial charge in [0.25, 0.3) is 0 Å². The van der Waals surface area contributed by atoms with Crippen LogP contribution >= 0.6 is 0 Å². The van der Waals surface area contributed by atoms with E-state index >= 15 is 0 Å². The van der Waals surface area contributed by atoms with E-state index in [2.05, 4.69) is 6.58 Å². The fourth-order valence-corrected chi connectivity index (χ4v) is 2.06. The number of ether oxygens (including phenoxy) is 1. The van der Waals surface area contributed by atoms with Crippen LogP contribution in [0.3, 0.4) is 0 Å². The van der Waals surface area contributed by atoms with Crippen molar-refractivity contribution in [3.63, 3.8) is 0 Å². The van der Waals surface area contributed by atoms with Crippen LogP contribution in [0.2, 0.25) is 0 Å². The zero-order valence-corrected chi connectivity index (χ0v) is 13.1. The summed E-state index contributed by atoms with van der Waals surface area (Å²) in [5, 5.41) is 0. The van der Waals surface area contributed by atoms with E-state index in [1.807, 2.05) is 27.7 Å². The van der Waals surface area contributed by atoms with Crippen LogP contribution < -0.4 is 10.2 Å². The number of benzene rings is 1. The molecule has 0 amide bonds. The SMILES string of the molecule is C=CCCOc1ccc(F)cc1B1OC(C)(C)C(C)(C)O1. The van der Waals surface area contributed by atoms with Crippen molar-refractivity contribution in [2.24, 2.45) is 0 Å². The van der Waals surface area contributed by atoms with E-state index in [4.69, 9.17) is 14.0 Å². The molecule has 0 atom stereocenters. The lowest BCUT2D eigenvalue weighted by Crippen LogP contribution is -2.41. The summed E-state index contributed by atoms with van der Waals surface area (Å²) in [6.45, 7) is 12.0. The summed E-state index contributed by atoms with van der Waals surface area (Å²) in [5.74, 6) is 0.243. The van der Waals surface area contributed by atoms with Gasteiger partial charge in [-0.25, -0.2) is 4.39 Å². The largest absolute Gasteiger partial charge is 0.498 e. The fourth-order valence-electron chi connectivity index (χ4n) is 2.06. The standard InChI is InChI=1S/C16H22BFO3/c1-6-7-10-19-14-9-8-12(18)11-13(14)17-20-15(2,3)16(4,5)21-17/h6,8-9,11H,1,7,10H2,2-5H3. The second-order valence-corrected chi connectivity index (χ2v) is 6.20. The summed E-state index contributed by atoms with van der Waals surface area (Å²) in [6.07, 6.45) is 2.50. The van der Waals surface area contributed by atoms with Crippen molar-refractivity contribution in [3.8, 4) is 5.75 Å². The van der Waals surface area contributed by atoms with Gasteiger partial charge in [0.2, 0.25) is 0 Å². The van der Waals surface area contributed by atoms with E-state index in [1.165, 1.54) is 12.1 Å². The third kappa shape index (κ3) is 3.30. The Balaban J connectivity index is 2.26. The Bertz CT molecular complexity index is 512. The van der Waals surface area contributed by atoms with Crippen molar-refractivity contribution in [3.05, 3.63) is 36.7 Å². The first-order chi connectivity index (χ1) is 9.77. The molecule has 3 nitrogen and oxygen atoms in total. The lowest BCUT2D eigenvalue weighted by Gasteiger charge is -2.32. The van der Waals surface area contributed by atoms with Crippen molar-refractivity contribution in [2.75, 3.05) is 6.61 Å². The molecule has 5 heteroatoms. The predicted octanol–water partition coefficient (Wildman–Crippen LogP) is 3.08. The molecule has 0 spiro atoms. The summed E-state index contributed by atoms with van der Waals surface area (Å²) in [7, 11) is -0.635. The molecule has 0 bridgehead atoms. The van der Waals surface area contributed by atoms with Crippen molar-refractivity contribution in [1.82, 2.24) is 0 Å². The van der Waals surface area contributed by atoms with Gasteiger partial charge < -0.3 is 14.0 Å². The van der Waals surface area contributed by atoms with Crippen LogP contribution in [0.25, 0.3) is 0 Å². The van der Waals surface area contributed by atoms with Gasteiger partial charge in [0.15, 0.2) is 0 Å². The first kappa shape index (κ1) is 16.1. The summed E-state index contributed by atoms with van der Waals surface area (Å²) in [5.41, 5.74) is -0.359. The molecule has 1 heterocycles. The fraction of sp³-hybridized carbons (Fsp3) is 0.500. The highest BCUT2D eigenvalue weighted by molar-refractivity contribution is 6.63. The molecule has 21 heavy (non-hydrogen) atoms. The Morgan fingerprint density at radius 1 is 1.24 bits per heavy atom. The zero-order valence-electron chi connectivity index (χ0n) is 13.1. The van der Waals surface area contributed by atoms with E-state index in [0.717, 1.165) is 6.42 Å². The molecular weight excluding hydrogens is 270 g/mol. The third-order valence-electron chi connectivity index (χ3n) is 4.06. The van der Waals surface area contributed by atoms with Crippen LogP contribution in [0.5, 0.6) is 5.75 Å². The highest BCUT2D eigenvalue weighted by Gasteiger charge is 2.52. The average molecular weight is 292 g/mol. The molecule has 114 valence electrons. The van der Waals surface area contributed by atoms with E-state index in [9.17, 15) is 4.39 Å². The van der Waals surface area contributed by atoms with Crippen LogP contribution in [0, 0.1) is 5.82 Å². The van der Waals surface area contributed by atoms with E-state index in [1.54, 1.807) is 12.1 Å². The maximum atomic E-state index is 13.6. The molecule has 1 aromatic rings. The smallest absolute Gasteiger partial charge is 0.494 e. The van der Waals surface area contributed by atoms with Crippen molar-refractivity contribution in [1.29, 1.82) is 0 Å². The molecule has 0 N–H and O–H groups in total. The van der Waals surface area contributed by atoms with Gasteiger partial charge in [0.05, 0.1) is 17.8 Å². The Morgan fingerprint density at radius 2 is 1.86 bits per heavy atom. The van der Waals surface area contributed by atoms with Crippen molar-refractivity contribution in [2.45, 2.75) is 45.3 Å². The van der Waals surface area contributed by atoms with E-state index < -0.39 is 18.3 Å². The minimum Gasteiger partial charge on any atom is -0.494 e. The highest BCUT2D eigenvalue weighted by atomic mass is 19.1. The average Bonchev–Trinajstić information content (AvgIpc) is 2.60. The van der Waals surface area contributed by atoms with Crippen molar-refractivity contribution >= 4 is 12.6 Å². The summed E-state index contributed by atoms with van der Waals surface area (Å²) in [6, 6.07) is 4.39. The predicted molar refractivity (Wildman–Crippen MR) is 82.4 cm³/mol. The quantitative estimate of drug-likeness (QED) is 0.474. The Kier molecular flexibility index (Phi) is 4.44. The molecule has 1 fully saturated rings.